The number of ether oxygens (including phenoxy) is 7. The molecule has 256 valence electrons. The summed E-state index contributed by atoms with van der Waals surface area (Å²) in [5, 5.41) is 4.19. The number of nitrogens with zero attached hydrogens (tertiary/aromatic N) is 3. The predicted octanol–water partition coefficient (Wildman–Crippen LogP) is 6.11. The number of fused-ring (bicyclic) bond motifs is 1. The van der Waals surface area contributed by atoms with Crippen molar-refractivity contribution >= 4 is 20.0 Å². The summed E-state index contributed by atoms with van der Waals surface area (Å²) >= 11 is 0. The summed E-state index contributed by atoms with van der Waals surface area (Å²) < 4.78 is 43.7. The Balaban J connectivity index is 1.65. The highest BCUT2D eigenvalue weighted by Crippen LogP contribution is 2.50. The second-order valence-electron chi connectivity index (χ2n) is 14.3. The van der Waals surface area contributed by atoms with Crippen molar-refractivity contribution < 1.29 is 42.7 Å². The Morgan fingerprint density at radius 3 is 2.30 bits per heavy atom. The highest BCUT2D eigenvalue weighted by molar-refractivity contribution is 6.81. The van der Waals surface area contributed by atoms with E-state index in [9.17, 15) is 15.1 Å². The van der Waals surface area contributed by atoms with Crippen LogP contribution in [0.1, 0.15) is 67.2 Å². The molecule has 3 aliphatic rings. The highest BCUT2D eigenvalue weighted by atomic mass is 28.3. The zero-order valence-electron chi connectivity index (χ0n) is 28.7. The number of benzene rings is 1. The maximum absolute atomic E-state index is 12.4. The zero-order chi connectivity index (χ0) is 34.0. The summed E-state index contributed by atoms with van der Waals surface area (Å²) in [7, 11) is -2.34. The molecule has 1 aromatic rings. The van der Waals surface area contributed by atoms with Crippen LogP contribution in [0, 0.1) is 17.8 Å². The van der Waals surface area contributed by atoms with Gasteiger partial charge in [0.05, 0.1) is 38.7 Å². The van der Waals surface area contributed by atoms with Crippen molar-refractivity contribution in [1.29, 1.82) is 0 Å². The third-order valence-electron chi connectivity index (χ3n) is 10.8. The summed E-state index contributed by atoms with van der Waals surface area (Å²) in [5.74, 6) is -1.28. The maximum atomic E-state index is 12.4. The van der Waals surface area contributed by atoms with E-state index in [0.717, 1.165) is 5.56 Å². The van der Waals surface area contributed by atoms with E-state index in [4.69, 9.17) is 33.2 Å². The first-order valence-corrected chi connectivity index (χ1v) is 19.3. The summed E-state index contributed by atoms with van der Waals surface area (Å²) in [5.41, 5.74) is 10.2. The summed E-state index contributed by atoms with van der Waals surface area (Å²) in [6.07, 6.45) is -4.80. The van der Waals surface area contributed by atoms with Gasteiger partial charge in [-0.15, -0.1) is 0 Å². The summed E-state index contributed by atoms with van der Waals surface area (Å²) in [4.78, 5) is 27.6. The van der Waals surface area contributed by atoms with E-state index in [-0.39, 0.29) is 35.8 Å². The molecule has 13 heteroatoms. The Bertz CT molecular complexity index is 1260. The van der Waals surface area contributed by atoms with Crippen LogP contribution in [0.25, 0.3) is 10.4 Å². The molecule has 5 unspecified atom stereocenters. The van der Waals surface area contributed by atoms with Gasteiger partial charge in [-0.1, -0.05) is 90.1 Å². The molecule has 3 fully saturated rings. The highest BCUT2D eigenvalue weighted by Gasteiger charge is 2.58. The van der Waals surface area contributed by atoms with Crippen LogP contribution in [-0.4, -0.2) is 81.8 Å². The van der Waals surface area contributed by atoms with Gasteiger partial charge < -0.3 is 33.2 Å². The van der Waals surface area contributed by atoms with Crippen molar-refractivity contribution in [3.05, 3.63) is 46.3 Å². The Morgan fingerprint density at radius 2 is 1.72 bits per heavy atom. The molecule has 46 heavy (non-hydrogen) atoms. The van der Waals surface area contributed by atoms with E-state index in [1.54, 1.807) is 0 Å². The van der Waals surface area contributed by atoms with Gasteiger partial charge in [0.1, 0.15) is 18.8 Å². The fraction of sp³-hybridized carbons (Fsp3) is 0.758. The third-order valence-corrected chi connectivity index (χ3v) is 16.6. The Hall–Kier alpha value is -2.51. The predicted molar refractivity (Wildman–Crippen MR) is 172 cm³/mol. The molecule has 4 rings (SSSR count). The third kappa shape index (κ3) is 7.46. The van der Waals surface area contributed by atoms with Gasteiger partial charge in [-0.25, -0.2) is 0 Å². The molecule has 0 radical (unpaired) electrons. The van der Waals surface area contributed by atoms with Crippen molar-refractivity contribution in [3.8, 4) is 0 Å². The van der Waals surface area contributed by atoms with Crippen molar-refractivity contribution in [3.63, 3.8) is 0 Å². The van der Waals surface area contributed by atoms with E-state index in [1.165, 1.54) is 13.8 Å². The summed E-state index contributed by atoms with van der Waals surface area (Å²) in [6.45, 7) is 20.1. The summed E-state index contributed by atoms with van der Waals surface area (Å²) in [6, 6.07) is 9.07. The quantitative estimate of drug-likeness (QED) is 0.0953. The fourth-order valence-electron chi connectivity index (χ4n) is 6.85. The van der Waals surface area contributed by atoms with Crippen LogP contribution >= 0.6 is 0 Å². The van der Waals surface area contributed by atoms with Crippen LogP contribution in [0.3, 0.4) is 0 Å². The second kappa shape index (κ2) is 14.7. The standard InChI is InChI=1S/C33H51N3O9Si/c1-18(2)33(7,8)46(9,10)32-26(35-36-34)19(3)27(25(43-32)16-39-21(5)37)45-31-29(41-22(6)38)20(4)28-24(42-31)17-40-30(44-28)23-14-12-11-13-15-23/h11-15,18-20,24-32H,16-17H2,1-10H3/t19-,20+,24?,25?,26?,27+,28+,29?,30?,31+,32+/m1/s1. The van der Waals surface area contributed by atoms with Gasteiger partial charge in [0.15, 0.2) is 18.7 Å². The topological polar surface area (TPSA) is 148 Å². The lowest BCUT2D eigenvalue weighted by Gasteiger charge is -2.55. The molecule has 0 amide bonds. The van der Waals surface area contributed by atoms with Gasteiger partial charge in [-0.05, 0) is 22.4 Å². The van der Waals surface area contributed by atoms with Crippen LogP contribution in [0.5, 0.6) is 0 Å². The Kier molecular flexibility index (Phi) is 11.6. The SMILES string of the molecule is CC(=O)OCC1O[C@@H]([Si](C)(C)C(C)(C)C(C)C)C(N=[N+]=[N-])[C@@H](C)[C@@H]1O[C@@H]1OC2COC(c3ccccc3)O[C@H]2[C@H](C)C1OC(C)=O. The lowest BCUT2D eigenvalue weighted by molar-refractivity contribution is -0.366. The normalized spacial score (nSPS) is 35.1. The van der Waals surface area contributed by atoms with Crippen LogP contribution in [-0.2, 0) is 42.7 Å². The molecule has 0 N–H and O–H groups in total. The number of hydrogen-bond donors (Lipinski definition) is 0. The van der Waals surface area contributed by atoms with E-state index in [2.05, 4.69) is 50.8 Å². The molecule has 0 saturated carbocycles. The fourth-order valence-corrected chi connectivity index (χ4v) is 10.8. The van der Waals surface area contributed by atoms with Crippen molar-refractivity contribution in [2.75, 3.05) is 13.2 Å². The minimum Gasteiger partial charge on any atom is -0.463 e. The smallest absolute Gasteiger partial charge is 0.303 e. The average molecular weight is 662 g/mol. The molecule has 11 atom stereocenters. The molecular formula is C33H51N3O9Si. The van der Waals surface area contributed by atoms with Gasteiger partial charge in [-0.2, -0.15) is 0 Å². The molecule has 3 saturated heterocycles. The van der Waals surface area contributed by atoms with Crippen LogP contribution < -0.4 is 0 Å². The van der Waals surface area contributed by atoms with Gasteiger partial charge in [-0.3, -0.25) is 9.59 Å². The first-order chi connectivity index (χ1) is 21.6. The minimum atomic E-state index is -2.34. The average Bonchev–Trinajstić information content (AvgIpc) is 3.00. The number of azide groups is 1. The van der Waals surface area contributed by atoms with E-state index in [0.29, 0.717) is 5.92 Å². The van der Waals surface area contributed by atoms with Gasteiger partial charge in [0.25, 0.3) is 0 Å². The molecule has 0 aromatic heterocycles. The first kappa shape index (κ1) is 36.3. The molecular weight excluding hydrogens is 610 g/mol. The van der Waals surface area contributed by atoms with Crippen LogP contribution in [0.15, 0.2) is 35.4 Å². The lowest BCUT2D eigenvalue weighted by Crippen LogP contribution is -2.67. The van der Waals surface area contributed by atoms with E-state index >= 15 is 0 Å². The van der Waals surface area contributed by atoms with Crippen LogP contribution in [0.2, 0.25) is 18.1 Å². The number of carbonyl (C=O) groups excluding carboxylic acids is 2. The van der Waals surface area contributed by atoms with Crippen molar-refractivity contribution in [2.45, 2.75) is 128 Å². The number of hydrogen-bond acceptors (Lipinski definition) is 10. The first-order valence-electron chi connectivity index (χ1n) is 16.2. The molecule has 1 aromatic carbocycles. The molecule has 0 bridgehead atoms. The largest absolute Gasteiger partial charge is 0.463 e. The van der Waals surface area contributed by atoms with Gasteiger partial charge in [0, 0.05) is 30.2 Å². The van der Waals surface area contributed by atoms with E-state index in [1.807, 2.05) is 44.2 Å². The molecule has 3 aliphatic heterocycles. The molecule has 12 nitrogen and oxygen atoms in total. The van der Waals surface area contributed by atoms with Gasteiger partial charge in [0.2, 0.25) is 0 Å². The number of carbonyl (C=O) groups is 2. The van der Waals surface area contributed by atoms with Crippen molar-refractivity contribution in [2.24, 2.45) is 22.9 Å². The molecule has 0 spiro atoms. The number of esters is 2. The lowest BCUT2D eigenvalue weighted by atomic mass is 9.88. The van der Waals surface area contributed by atoms with Crippen molar-refractivity contribution in [1.82, 2.24) is 0 Å². The Labute approximate surface area is 273 Å². The van der Waals surface area contributed by atoms with Gasteiger partial charge >= 0.3 is 11.9 Å². The Morgan fingerprint density at radius 1 is 1.04 bits per heavy atom. The number of rotatable bonds is 10. The molecule has 3 heterocycles. The second-order valence-corrected chi connectivity index (χ2v) is 19.6. The van der Waals surface area contributed by atoms with Crippen LogP contribution in [0.4, 0.5) is 0 Å². The zero-order valence-corrected chi connectivity index (χ0v) is 29.7. The minimum absolute atomic E-state index is 0.0616. The monoisotopic (exact) mass is 661 g/mol. The van der Waals surface area contributed by atoms with E-state index < -0.39 is 69.2 Å². The molecule has 0 aliphatic carbocycles. The maximum Gasteiger partial charge on any atom is 0.303 e.